The summed E-state index contributed by atoms with van der Waals surface area (Å²) < 4.78 is 13.2. The second kappa shape index (κ2) is 22.6. The van der Waals surface area contributed by atoms with E-state index in [2.05, 4.69) is 105 Å². The molecule has 2 aliphatic rings. The summed E-state index contributed by atoms with van der Waals surface area (Å²) in [7, 11) is 3.62. The van der Waals surface area contributed by atoms with E-state index in [4.69, 9.17) is 4.74 Å². The molecule has 408 valence electrons. The Balaban J connectivity index is 0.000000191. The van der Waals surface area contributed by atoms with E-state index in [9.17, 15) is 24.3 Å². The first-order chi connectivity index (χ1) is 37.2. The first-order valence-corrected chi connectivity index (χ1v) is 26.8. The van der Waals surface area contributed by atoms with Gasteiger partial charge in [-0.05, 0) is 109 Å². The number of benzene rings is 4. The first kappa shape index (κ1) is 54.8. The monoisotopic (exact) mass is 1060 g/mol. The quantitative estimate of drug-likeness (QED) is 0.137. The normalized spacial score (nSPS) is 16.8. The zero-order valence-corrected chi connectivity index (χ0v) is 46.7. The van der Waals surface area contributed by atoms with Crippen molar-refractivity contribution in [3.05, 3.63) is 153 Å². The lowest BCUT2D eigenvalue weighted by molar-refractivity contribution is -0.143. The lowest BCUT2D eigenvalue weighted by atomic mass is 10.0. The van der Waals surface area contributed by atoms with Crippen LogP contribution in [0.15, 0.2) is 119 Å². The third-order valence-corrected chi connectivity index (χ3v) is 15.1. The third kappa shape index (κ3) is 11.4. The van der Waals surface area contributed by atoms with Gasteiger partial charge >= 0.3 is 0 Å². The number of hydrogen-bond donors (Lipinski definition) is 1. The van der Waals surface area contributed by atoms with Gasteiger partial charge in [0.1, 0.15) is 13.2 Å². The Bertz CT molecular complexity index is 3590. The molecule has 8 aromatic rings. The molecule has 0 radical (unpaired) electrons. The van der Waals surface area contributed by atoms with Gasteiger partial charge in [0.15, 0.2) is 0 Å². The van der Waals surface area contributed by atoms with E-state index in [1.54, 1.807) is 33.7 Å². The standard InChI is InChI=1S/C32H40N6O3.C28H32N6O3/c1-21-9-8-10-24(15-21)23(3)38-28-16-25(11-12-27(28)30(40)35(38)7)26-17-33-31(34-18-26)36-13-14-37(22(2)19-36)29(39)20-41-32(4,5)6;1-18-6-5-7-21(12-18)20(3)34-25-13-22(8-9-24(25)27(37)31(34)4)23-14-29-28(30-15-23)32-10-11-33(19(2)16-32)26(36)17-35/h8-12,15-18,22-23H,13-14,19-20H2,1-7H3;5-9,12-15,19-20,35H,10-11,16-17H2,1-4H3/t22-,23?;19-,20?/m11/s1. The Hall–Kier alpha value is -7.96. The van der Waals surface area contributed by atoms with Gasteiger partial charge in [0.2, 0.25) is 23.7 Å². The summed E-state index contributed by atoms with van der Waals surface area (Å²) in [6, 6.07) is 28.4. The van der Waals surface area contributed by atoms with Gasteiger partial charge in [-0.1, -0.05) is 71.8 Å². The number of carbonyl (C=O) groups is 2. The molecule has 0 saturated carbocycles. The average Bonchev–Trinajstić information content (AvgIpc) is 3.84. The fourth-order valence-corrected chi connectivity index (χ4v) is 10.8. The van der Waals surface area contributed by atoms with E-state index in [0.29, 0.717) is 61.9 Å². The minimum absolute atomic E-state index is 0.00911. The van der Waals surface area contributed by atoms with Crippen LogP contribution in [0.4, 0.5) is 11.9 Å². The number of aliphatic hydroxyl groups excluding tert-OH is 1. The molecule has 0 bridgehead atoms. The molecule has 18 nitrogen and oxygen atoms in total. The molecule has 4 aromatic carbocycles. The largest absolute Gasteiger partial charge is 0.387 e. The number of aromatic nitrogens is 8. The average molecular weight is 1060 g/mol. The molecular weight excluding hydrogens is 985 g/mol. The predicted molar refractivity (Wildman–Crippen MR) is 306 cm³/mol. The Labute approximate surface area is 455 Å². The van der Waals surface area contributed by atoms with Crippen molar-refractivity contribution in [1.29, 1.82) is 0 Å². The Morgan fingerprint density at radius 1 is 0.603 bits per heavy atom. The lowest BCUT2D eigenvalue weighted by Crippen LogP contribution is -2.55. The Morgan fingerprint density at radius 3 is 1.38 bits per heavy atom. The van der Waals surface area contributed by atoms with Crippen LogP contribution in [0, 0.1) is 13.8 Å². The molecule has 2 fully saturated rings. The van der Waals surface area contributed by atoms with E-state index >= 15 is 0 Å². The van der Waals surface area contributed by atoms with E-state index in [1.807, 2.05) is 106 Å². The molecule has 10 rings (SSSR count). The van der Waals surface area contributed by atoms with Crippen molar-refractivity contribution in [3.8, 4) is 22.3 Å². The minimum Gasteiger partial charge on any atom is -0.387 e. The van der Waals surface area contributed by atoms with Crippen LogP contribution in [0.1, 0.15) is 82.8 Å². The number of piperazine rings is 2. The van der Waals surface area contributed by atoms with Crippen molar-refractivity contribution >= 4 is 45.5 Å². The number of hydrogen-bond acceptors (Lipinski definition) is 12. The van der Waals surface area contributed by atoms with Crippen molar-refractivity contribution in [2.24, 2.45) is 14.1 Å². The van der Waals surface area contributed by atoms with Crippen LogP contribution < -0.4 is 20.9 Å². The summed E-state index contributed by atoms with van der Waals surface area (Å²) in [4.78, 5) is 77.0. The van der Waals surface area contributed by atoms with Gasteiger partial charge in [-0.15, -0.1) is 0 Å². The van der Waals surface area contributed by atoms with Gasteiger partial charge in [0.05, 0.1) is 39.5 Å². The summed E-state index contributed by atoms with van der Waals surface area (Å²) in [5.41, 5.74) is 9.61. The van der Waals surface area contributed by atoms with Crippen LogP contribution >= 0.6 is 0 Å². The van der Waals surface area contributed by atoms with Gasteiger partial charge in [-0.3, -0.25) is 37.9 Å². The Kier molecular flexibility index (Phi) is 15.9. The summed E-state index contributed by atoms with van der Waals surface area (Å²) in [6.07, 6.45) is 7.26. The van der Waals surface area contributed by atoms with E-state index in [1.165, 1.54) is 11.1 Å². The maximum Gasteiger partial charge on any atom is 0.274 e. The molecule has 1 N–H and O–H groups in total. The van der Waals surface area contributed by atoms with Gasteiger partial charge in [0.25, 0.3) is 11.1 Å². The maximum absolute atomic E-state index is 13.1. The van der Waals surface area contributed by atoms with Crippen LogP contribution in [-0.4, -0.2) is 136 Å². The topological polar surface area (TPSA) is 182 Å². The van der Waals surface area contributed by atoms with Crippen molar-refractivity contribution in [2.45, 2.75) is 92.1 Å². The van der Waals surface area contributed by atoms with Crippen molar-refractivity contribution in [1.82, 2.24) is 48.5 Å². The van der Waals surface area contributed by atoms with Gasteiger partial charge in [-0.2, -0.15) is 0 Å². The number of amides is 2. The maximum atomic E-state index is 13.1. The number of aliphatic hydroxyl groups is 1. The SMILES string of the molecule is Cc1cccc(C(C)n2c3cc(-c4cnc(N5CCN(C(=O)CO)[C@H](C)C5)nc4)ccc3c(=O)n2C)c1.Cc1cccc(C(C)n2c3cc(-c4cnc(N5CCN(C(=O)COC(C)(C)C)[C@H](C)C5)nc4)ccc3c(=O)n2C)c1. The fourth-order valence-electron chi connectivity index (χ4n) is 10.8. The summed E-state index contributed by atoms with van der Waals surface area (Å²) in [5, 5.41) is 10.5. The third-order valence-electron chi connectivity index (χ3n) is 15.1. The molecule has 2 amide bonds. The van der Waals surface area contributed by atoms with Crippen molar-refractivity contribution in [2.75, 3.05) is 62.3 Å². The van der Waals surface area contributed by atoms with Crippen LogP contribution in [0.25, 0.3) is 44.1 Å². The number of nitrogens with zero attached hydrogens (tertiary/aromatic N) is 12. The highest BCUT2D eigenvalue weighted by atomic mass is 16.5. The molecule has 0 spiro atoms. The molecule has 2 unspecified atom stereocenters. The number of aryl methyl sites for hydroxylation is 2. The molecule has 6 heterocycles. The van der Waals surface area contributed by atoms with Crippen LogP contribution in [0.2, 0.25) is 0 Å². The molecule has 2 saturated heterocycles. The van der Waals surface area contributed by atoms with Crippen LogP contribution in [-0.2, 0) is 28.4 Å². The first-order valence-electron chi connectivity index (χ1n) is 26.8. The van der Waals surface area contributed by atoms with E-state index < -0.39 is 6.61 Å². The van der Waals surface area contributed by atoms with Crippen molar-refractivity contribution in [3.63, 3.8) is 0 Å². The highest BCUT2D eigenvalue weighted by molar-refractivity contribution is 5.86. The molecule has 18 heteroatoms. The molecule has 4 atom stereocenters. The molecule has 2 aliphatic heterocycles. The molecule has 0 aliphatic carbocycles. The number of rotatable bonds is 11. The van der Waals surface area contributed by atoms with E-state index in [-0.39, 0.29) is 59.3 Å². The Morgan fingerprint density at radius 2 is 1.01 bits per heavy atom. The summed E-state index contributed by atoms with van der Waals surface area (Å²) >= 11 is 0. The number of fused-ring (bicyclic) bond motifs is 2. The van der Waals surface area contributed by atoms with Gasteiger partial charge in [0, 0.05) is 101 Å². The van der Waals surface area contributed by atoms with Crippen LogP contribution in [0.5, 0.6) is 0 Å². The summed E-state index contributed by atoms with van der Waals surface area (Å²) in [6.45, 7) is 21.5. The van der Waals surface area contributed by atoms with Crippen LogP contribution in [0.3, 0.4) is 0 Å². The smallest absolute Gasteiger partial charge is 0.274 e. The minimum atomic E-state index is -0.473. The molecular formula is C60H72N12O6. The zero-order valence-electron chi connectivity index (χ0n) is 46.7. The number of anilines is 2. The molecule has 78 heavy (non-hydrogen) atoms. The lowest BCUT2D eigenvalue weighted by Gasteiger charge is -2.40. The van der Waals surface area contributed by atoms with Gasteiger partial charge in [-0.25, -0.2) is 19.9 Å². The zero-order chi connectivity index (χ0) is 55.7. The molecule has 4 aromatic heterocycles. The second-order valence-electron chi connectivity index (χ2n) is 21.9. The fraction of sp³-hybridized carbons (Fsp3) is 0.400. The number of ether oxygens (including phenoxy) is 1. The van der Waals surface area contributed by atoms with Crippen molar-refractivity contribution < 1.29 is 19.4 Å². The van der Waals surface area contributed by atoms with E-state index in [0.717, 1.165) is 44.4 Å². The highest BCUT2D eigenvalue weighted by Crippen LogP contribution is 2.30. The van der Waals surface area contributed by atoms with Gasteiger partial charge < -0.3 is 29.4 Å². The second-order valence-corrected chi connectivity index (χ2v) is 21.9. The number of carbonyl (C=O) groups excluding carboxylic acids is 2. The highest BCUT2D eigenvalue weighted by Gasteiger charge is 2.31. The summed E-state index contributed by atoms with van der Waals surface area (Å²) in [5.74, 6) is 1.01. The predicted octanol–water partition coefficient (Wildman–Crippen LogP) is 7.31.